The SMILES string of the molecule is CC(C(=O)CC[C@@H](C)[C@H]1CC[C@H]2[C@@H]3[C@H](O)C[C@@H]4C[C@H](O)CC[C@]4(C)[C@H]3CC(O)C12C)C(=O)SCCNC(=O)CCNC(=O)[C@H](O)C(C)(C)COP(=O)(O)OP(=O)(O)OC[C@H]1O[C@@H](n2cnc3c(N)ncnc32)[C@H](O)[C@@H]1OP(=O)(O)O. The largest absolute Gasteiger partial charge is 0.481 e. The number of imidazole rings is 1. The maximum Gasteiger partial charge on any atom is 0.481 e. The van der Waals surface area contributed by atoms with Gasteiger partial charge in [0.05, 0.1) is 43.8 Å². The molecular formula is C48H78N7O21P3S. The molecule has 19 atom stereocenters. The highest BCUT2D eigenvalue weighted by Gasteiger charge is 2.66. The molecule has 5 unspecified atom stereocenters. The molecule has 5 aliphatic rings. The van der Waals surface area contributed by atoms with Crippen LogP contribution in [0.5, 0.6) is 0 Å². The van der Waals surface area contributed by atoms with Gasteiger partial charge in [-0.3, -0.25) is 37.3 Å². The van der Waals surface area contributed by atoms with Crippen LogP contribution in [0.3, 0.4) is 0 Å². The Balaban J connectivity index is 0.780. The van der Waals surface area contributed by atoms with Crippen molar-refractivity contribution in [2.24, 2.45) is 57.7 Å². The number of ketones is 1. The number of nitrogens with zero attached hydrogens (tertiary/aromatic N) is 4. The monoisotopic (exact) mass is 1210 g/mol. The molecule has 28 nitrogen and oxygen atoms in total. The van der Waals surface area contributed by atoms with Gasteiger partial charge < -0.3 is 66.2 Å². The van der Waals surface area contributed by atoms with Crippen LogP contribution in [-0.4, -0.2) is 162 Å². The zero-order chi connectivity index (χ0) is 59.1. The van der Waals surface area contributed by atoms with Gasteiger partial charge >= 0.3 is 23.5 Å². The van der Waals surface area contributed by atoms with E-state index in [9.17, 15) is 78.0 Å². The van der Waals surface area contributed by atoms with Gasteiger partial charge in [0, 0.05) is 37.1 Å². The van der Waals surface area contributed by atoms with Crippen LogP contribution >= 0.6 is 35.2 Å². The number of amides is 2. The number of anilines is 1. The molecular weight excluding hydrogens is 1140 g/mol. The molecule has 3 heterocycles. The number of nitrogens with one attached hydrogen (secondary N) is 2. The zero-order valence-corrected chi connectivity index (χ0v) is 49.0. The quantitative estimate of drug-likeness (QED) is 0.0385. The van der Waals surface area contributed by atoms with E-state index < -0.39 is 108 Å². The molecule has 0 radical (unpaired) electrons. The van der Waals surface area contributed by atoms with E-state index in [1.807, 2.05) is 0 Å². The number of fused-ring (bicyclic) bond motifs is 6. The molecule has 0 spiro atoms. The lowest BCUT2D eigenvalue weighted by atomic mass is 9.43. The van der Waals surface area contributed by atoms with Crippen LogP contribution in [0.1, 0.15) is 112 Å². The number of phosphoric acid groups is 3. The third kappa shape index (κ3) is 14.4. The molecule has 5 fully saturated rings. The molecule has 2 aromatic heterocycles. The first-order valence-electron chi connectivity index (χ1n) is 26.8. The minimum absolute atomic E-state index is 0.0179. The summed E-state index contributed by atoms with van der Waals surface area (Å²) in [5, 5.41) is 60.3. The summed E-state index contributed by atoms with van der Waals surface area (Å²) in [6.45, 7) is 8.34. The molecule has 1 aliphatic heterocycles. The fourth-order valence-electron chi connectivity index (χ4n) is 13.5. The summed E-state index contributed by atoms with van der Waals surface area (Å²) in [4.78, 5) is 103. The molecule has 4 aliphatic carbocycles. The molecule has 0 aromatic carbocycles. The van der Waals surface area contributed by atoms with Crippen molar-refractivity contribution < 1.29 is 101 Å². The van der Waals surface area contributed by atoms with Crippen LogP contribution in [-0.2, 0) is 55.5 Å². The summed E-state index contributed by atoms with van der Waals surface area (Å²) < 4.78 is 62.7. The van der Waals surface area contributed by atoms with Gasteiger partial charge in [-0.05, 0) is 105 Å². The van der Waals surface area contributed by atoms with E-state index in [0.717, 1.165) is 54.7 Å². The Morgan fingerprint density at radius 3 is 2.33 bits per heavy atom. The molecule has 32 heteroatoms. The molecule has 13 N–H and O–H groups in total. The van der Waals surface area contributed by atoms with E-state index in [2.05, 4.69) is 55.2 Å². The highest BCUT2D eigenvalue weighted by molar-refractivity contribution is 8.13. The predicted octanol–water partition coefficient (Wildman–Crippen LogP) is 2.25. The van der Waals surface area contributed by atoms with Crippen LogP contribution in [0.2, 0.25) is 0 Å². The Kier molecular flexibility index (Phi) is 20.5. The maximum atomic E-state index is 13.3. The van der Waals surface area contributed by atoms with Gasteiger partial charge in [-0.15, -0.1) is 0 Å². The van der Waals surface area contributed by atoms with Crippen molar-refractivity contribution in [2.45, 2.75) is 155 Å². The number of nitrogens with two attached hydrogens (primary N) is 1. The second kappa shape index (κ2) is 25.4. The number of nitrogen functional groups attached to an aromatic ring is 1. The van der Waals surface area contributed by atoms with Crippen LogP contribution < -0.4 is 16.4 Å². The lowest BCUT2D eigenvalue weighted by molar-refractivity contribution is -0.207. The Labute approximate surface area is 466 Å². The third-order valence-electron chi connectivity index (χ3n) is 17.9. The van der Waals surface area contributed by atoms with E-state index in [-0.39, 0.29) is 107 Å². The first-order chi connectivity index (χ1) is 37.2. The van der Waals surface area contributed by atoms with Gasteiger partial charge in [0.1, 0.15) is 42.0 Å². The first-order valence-corrected chi connectivity index (χ1v) is 32.3. The van der Waals surface area contributed by atoms with E-state index in [1.165, 1.54) is 13.8 Å². The molecule has 0 bridgehead atoms. The van der Waals surface area contributed by atoms with Gasteiger partial charge in [0.25, 0.3) is 0 Å². The van der Waals surface area contributed by atoms with E-state index in [0.29, 0.717) is 25.7 Å². The molecule has 80 heavy (non-hydrogen) atoms. The topological polar surface area (TPSA) is 441 Å². The number of carbonyl (C=O) groups excluding carboxylic acids is 4. The number of hydrogen-bond donors (Lipinski definition) is 12. The number of aliphatic hydroxyl groups excluding tert-OH is 5. The molecule has 452 valence electrons. The van der Waals surface area contributed by atoms with Gasteiger partial charge in [0.15, 0.2) is 22.8 Å². The normalized spacial score (nSPS) is 34.2. The molecule has 7 rings (SSSR count). The van der Waals surface area contributed by atoms with Gasteiger partial charge in [-0.1, -0.05) is 46.4 Å². The fourth-order valence-corrected chi connectivity index (χ4v) is 17.1. The average molecular weight is 1210 g/mol. The molecule has 2 aromatic rings. The average Bonchev–Trinajstić information content (AvgIpc) is 3.66. The first kappa shape index (κ1) is 64.7. The second-order valence-electron chi connectivity index (χ2n) is 23.5. The maximum absolute atomic E-state index is 13.3. The number of hydrogen-bond acceptors (Lipinski definition) is 22. The Morgan fingerprint density at radius 1 is 0.925 bits per heavy atom. The number of ether oxygens (including phenoxy) is 1. The van der Waals surface area contributed by atoms with Crippen LogP contribution in [0, 0.1) is 57.7 Å². The summed E-state index contributed by atoms with van der Waals surface area (Å²) in [5.41, 5.74) is 3.77. The Morgan fingerprint density at radius 2 is 1.62 bits per heavy atom. The highest BCUT2D eigenvalue weighted by Crippen LogP contribution is 2.69. The summed E-state index contributed by atoms with van der Waals surface area (Å²) in [6, 6.07) is 0. The van der Waals surface area contributed by atoms with Crippen molar-refractivity contribution in [1.29, 1.82) is 0 Å². The van der Waals surface area contributed by atoms with E-state index in [4.69, 9.17) is 19.5 Å². The minimum atomic E-state index is -5.62. The molecule has 2 amide bonds. The number of carbonyl (C=O) groups is 4. The lowest BCUT2D eigenvalue weighted by Crippen LogP contribution is -2.62. The Bertz CT molecular complexity index is 2720. The number of Topliss-reactive ketones (excluding diaryl/α,β-unsaturated/α-hetero) is 1. The summed E-state index contributed by atoms with van der Waals surface area (Å²) >= 11 is 0.908. The van der Waals surface area contributed by atoms with Crippen molar-refractivity contribution in [1.82, 2.24) is 30.2 Å². The molecule has 4 saturated carbocycles. The second-order valence-corrected chi connectivity index (χ2v) is 28.8. The summed E-state index contributed by atoms with van der Waals surface area (Å²) in [7, 11) is -16.5. The minimum Gasteiger partial charge on any atom is -0.393 e. The van der Waals surface area contributed by atoms with Crippen molar-refractivity contribution in [3.8, 4) is 0 Å². The number of aromatic nitrogens is 4. The smallest absolute Gasteiger partial charge is 0.393 e. The van der Waals surface area contributed by atoms with Gasteiger partial charge in [-0.25, -0.2) is 28.6 Å². The zero-order valence-electron chi connectivity index (χ0n) is 45.5. The van der Waals surface area contributed by atoms with Crippen LogP contribution in [0.25, 0.3) is 11.2 Å². The Hall–Kier alpha value is -2.89. The predicted molar refractivity (Wildman–Crippen MR) is 284 cm³/mol. The number of phosphoric ester groups is 3. The number of thioether (sulfide) groups is 1. The van der Waals surface area contributed by atoms with Crippen molar-refractivity contribution in [2.75, 3.05) is 37.8 Å². The number of rotatable bonds is 25. The summed E-state index contributed by atoms with van der Waals surface area (Å²) in [6.07, 6.45) is -2.38. The van der Waals surface area contributed by atoms with Crippen molar-refractivity contribution >= 4 is 74.9 Å². The van der Waals surface area contributed by atoms with Gasteiger partial charge in [0.2, 0.25) is 11.8 Å². The van der Waals surface area contributed by atoms with Crippen molar-refractivity contribution in [3.05, 3.63) is 12.7 Å². The third-order valence-corrected chi connectivity index (χ3v) is 22.1. The van der Waals surface area contributed by atoms with Gasteiger partial charge in [-0.2, -0.15) is 4.31 Å². The van der Waals surface area contributed by atoms with Crippen molar-refractivity contribution in [3.63, 3.8) is 0 Å². The molecule has 1 saturated heterocycles. The standard InChI is InChI=1S/C48H78N7O21P3S/c1-24(28-8-9-29-36-30(19-34(59)48(28,29)6)47(5)13-11-27(56)17-26(47)18-32(36)58)7-10-31(57)25(2)45(64)80-16-15-50-35(60)12-14-51-43(63)40(62)46(3,4)21-73-79(70,71)76-78(68,69)72-20-33-39(75-77(65,66)67)38(61)44(74-33)55-23-54-37-41(49)52-22-53-42(37)55/h22-30,32-34,36,38-40,44,56,58-59,61-62H,7-21H2,1-6H3,(H,50,60)(H,51,63)(H,68,69)(H,70,71)(H2,49,52,53)(H2,65,66,67)/t24-,25?,26+,27-,28-,29+,30+,32-,33-,34?,36+,38-,39-,40+,44-,47+,48?/m1/s1. The number of aliphatic hydroxyl groups is 5. The lowest BCUT2D eigenvalue weighted by Gasteiger charge is -2.63. The van der Waals surface area contributed by atoms with Crippen LogP contribution in [0.4, 0.5) is 5.82 Å². The van der Waals surface area contributed by atoms with E-state index >= 15 is 0 Å². The van der Waals surface area contributed by atoms with E-state index in [1.54, 1.807) is 6.92 Å². The summed E-state index contributed by atoms with van der Waals surface area (Å²) in [5.74, 6) is -1.63. The van der Waals surface area contributed by atoms with Crippen LogP contribution in [0.15, 0.2) is 12.7 Å². The fraction of sp³-hybridized carbons (Fsp3) is 0.812. The highest BCUT2D eigenvalue weighted by atomic mass is 32.2.